The number of carbonyl (C=O) groups excluding carboxylic acids is 2. The molecule has 43 heavy (non-hydrogen) atoms. The molecule has 1 N–H and O–H groups in total. The molecule has 0 saturated heterocycles. The topological polar surface area (TPSA) is 159 Å². The molecule has 2 heterocycles. The van der Waals surface area contributed by atoms with Crippen LogP contribution in [0.3, 0.4) is 0 Å². The van der Waals surface area contributed by atoms with Crippen LogP contribution in [0, 0.1) is 23.4 Å². The van der Waals surface area contributed by atoms with Gasteiger partial charge in [0.2, 0.25) is 0 Å². The van der Waals surface area contributed by atoms with Gasteiger partial charge in [0, 0.05) is 30.7 Å². The third kappa shape index (κ3) is 8.89. The van der Waals surface area contributed by atoms with E-state index in [2.05, 4.69) is 9.72 Å². The van der Waals surface area contributed by atoms with Gasteiger partial charge >= 0.3 is 11.6 Å². The number of aromatic hydroxyl groups is 1. The van der Waals surface area contributed by atoms with E-state index in [0.29, 0.717) is 42.6 Å². The number of esters is 1. The molecule has 2 aromatic heterocycles. The van der Waals surface area contributed by atoms with Gasteiger partial charge in [0.05, 0.1) is 24.2 Å². The molecule has 3 aromatic rings. The van der Waals surface area contributed by atoms with E-state index in [0.717, 1.165) is 6.07 Å². The van der Waals surface area contributed by atoms with Gasteiger partial charge in [0.1, 0.15) is 34.1 Å². The van der Waals surface area contributed by atoms with Crippen molar-refractivity contribution >= 4 is 44.8 Å². The lowest BCUT2D eigenvalue weighted by Gasteiger charge is -2.21. The van der Waals surface area contributed by atoms with Crippen LogP contribution in [0.15, 0.2) is 39.6 Å². The highest BCUT2D eigenvalue weighted by atomic mass is 35.5. The van der Waals surface area contributed by atoms with Crippen LogP contribution in [0.25, 0.3) is 0 Å². The van der Waals surface area contributed by atoms with Crippen molar-refractivity contribution in [2.75, 3.05) is 13.4 Å². The predicted octanol–water partition coefficient (Wildman–Crippen LogP) is 5.25. The number of Topliss-reactive ketones (excluding diaryl/α,β-unsaturated/α-hetero) is 1. The number of unbranched alkanes of at least 4 members (excludes halogenated alkanes) is 1. The molecule has 0 aliphatic heterocycles. The molecule has 2 atom stereocenters. The molecule has 0 aliphatic carbocycles. The minimum Gasteiger partial charge on any atom is -0.507 e. The van der Waals surface area contributed by atoms with E-state index < -0.39 is 79.2 Å². The molecule has 2 unspecified atom stereocenters. The quantitative estimate of drug-likeness (QED) is 0.0634. The first-order valence-corrected chi connectivity index (χ1v) is 15.1. The third-order valence-electron chi connectivity index (χ3n) is 5.63. The summed E-state index contributed by atoms with van der Waals surface area (Å²) in [5.74, 6) is -9.11. The van der Waals surface area contributed by atoms with Gasteiger partial charge in [-0.15, -0.1) is 0 Å². The Morgan fingerprint density at radius 2 is 1.86 bits per heavy atom. The summed E-state index contributed by atoms with van der Waals surface area (Å²) in [5.41, 5.74) is -1.98. The van der Waals surface area contributed by atoms with Gasteiger partial charge in [0.15, 0.2) is 23.2 Å². The highest BCUT2D eigenvalue weighted by molar-refractivity contribution is 7.86. The van der Waals surface area contributed by atoms with Crippen molar-refractivity contribution in [3.05, 3.63) is 79.6 Å². The van der Waals surface area contributed by atoms with E-state index in [4.69, 9.17) is 24.9 Å². The van der Waals surface area contributed by atoms with Crippen molar-refractivity contribution in [2.45, 2.75) is 32.3 Å². The fourth-order valence-electron chi connectivity index (χ4n) is 3.63. The first-order chi connectivity index (χ1) is 20.1. The second kappa shape index (κ2) is 14.2. The van der Waals surface area contributed by atoms with Crippen LogP contribution >= 0.6 is 22.9 Å². The van der Waals surface area contributed by atoms with E-state index in [1.807, 2.05) is 0 Å². The standard InChI is InChI=1S/C26H23ClF3NO10S2/c1-12(21(34)19-17(32)11-13(39-25(19)35)7-5-4-6-8-18(33)38-2)22(41-43(3,36)37)23-24(27)31-26(42-23)40-14-9-15(28)20(30)16(29)10-14/h6,8-12,22,32H,4-5,7H2,1-3H3/b8-6+. The lowest BCUT2D eigenvalue weighted by atomic mass is 9.94. The third-order valence-corrected chi connectivity index (χ3v) is 7.59. The van der Waals surface area contributed by atoms with Gasteiger partial charge in [-0.05, 0) is 12.8 Å². The van der Waals surface area contributed by atoms with Crippen molar-refractivity contribution in [1.29, 1.82) is 0 Å². The molecule has 0 bridgehead atoms. The van der Waals surface area contributed by atoms with Gasteiger partial charge in [0.25, 0.3) is 15.3 Å². The number of methoxy groups -OCH3 is 1. The molecule has 11 nitrogen and oxygen atoms in total. The Bertz CT molecular complexity index is 1700. The van der Waals surface area contributed by atoms with Crippen molar-refractivity contribution in [1.82, 2.24) is 4.98 Å². The first-order valence-electron chi connectivity index (χ1n) is 12.1. The molecule has 0 saturated carbocycles. The summed E-state index contributed by atoms with van der Waals surface area (Å²) in [6, 6.07) is 2.13. The summed E-state index contributed by atoms with van der Waals surface area (Å²) >= 11 is 6.70. The maximum absolute atomic E-state index is 13.6. The van der Waals surface area contributed by atoms with Crippen LogP contribution in [0.2, 0.25) is 5.15 Å². The number of allylic oxidation sites excluding steroid dienone is 1. The minimum absolute atomic E-state index is 0.0445. The van der Waals surface area contributed by atoms with Gasteiger partial charge in [-0.3, -0.25) is 8.98 Å². The number of rotatable bonds is 13. The predicted molar refractivity (Wildman–Crippen MR) is 146 cm³/mol. The van der Waals surface area contributed by atoms with E-state index in [9.17, 15) is 41.1 Å². The van der Waals surface area contributed by atoms with E-state index >= 15 is 0 Å². The van der Waals surface area contributed by atoms with Crippen molar-refractivity contribution in [3.63, 3.8) is 0 Å². The molecule has 0 spiro atoms. The monoisotopic (exact) mass is 665 g/mol. The summed E-state index contributed by atoms with van der Waals surface area (Å²) in [7, 11) is -3.05. The zero-order valence-electron chi connectivity index (χ0n) is 22.6. The summed E-state index contributed by atoms with van der Waals surface area (Å²) in [6.45, 7) is 1.19. The Morgan fingerprint density at radius 1 is 1.21 bits per heavy atom. The summed E-state index contributed by atoms with van der Waals surface area (Å²) in [4.78, 5) is 40.8. The minimum atomic E-state index is -4.28. The maximum atomic E-state index is 13.6. The zero-order valence-corrected chi connectivity index (χ0v) is 24.9. The Morgan fingerprint density at radius 3 is 2.44 bits per heavy atom. The fraction of sp³-hybridized carbons (Fsp3) is 0.308. The number of thiazole rings is 1. The molecule has 232 valence electrons. The Hall–Kier alpha value is -3.73. The molecule has 0 amide bonds. The average Bonchev–Trinajstić information content (AvgIpc) is 3.27. The Balaban J connectivity index is 1.87. The number of hydrogen-bond donors (Lipinski definition) is 1. The summed E-state index contributed by atoms with van der Waals surface area (Å²) in [6.07, 6.45) is 2.74. The summed E-state index contributed by atoms with van der Waals surface area (Å²) in [5, 5.41) is 9.72. The molecular formula is C26H23ClF3NO10S2. The van der Waals surface area contributed by atoms with Crippen molar-refractivity contribution in [3.8, 4) is 16.7 Å². The van der Waals surface area contributed by atoms with Crippen LogP contribution in [0.4, 0.5) is 13.2 Å². The van der Waals surface area contributed by atoms with Gasteiger partial charge in [-0.25, -0.2) is 22.8 Å². The number of carbonyl (C=O) groups is 2. The number of halogens is 4. The highest BCUT2D eigenvalue weighted by Crippen LogP contribution is 2.42. The number of nitrogens with zero attached hydrogens (tertiary/aromatic N) is 1. The molecule has 1 aromatic carbocycles. The molecule has 0 aliphatic rings. The number of ether oxygens (including phenoxy) is 2. The zero-order chi connectivity index (χ0) is 32.1. The van der Waals surface area contributed by atoms with Crippen molar-refractivity contribution < 1.29 is 54.4 Å². The number of ketones is 1. The van der Waals surface area contributed by atoms with Crippen LogP contribution in [0.1, 0.15) is 46.9 Å². The lowest BCUT2D eigenvalue weighted by Crippen LogP contribution is -2.27. The smallest absolute Gasteiger partial charge is 0.350 e. The SMILES string of the molecule is COC(=O)/C=C/CCCc1cc(O)c(C(=O)C(C)C(OS(C)(=O)=O)c2sc(Oc3cc(F)c(F)c(F)c3)nc2Cl)c(=O)o1. The number of benzene rings is 1. The van der Waals surface area contributed by atoms with Gasteiger partial charge < -0.3 is 19.0 Å². The van der Waals surface area contributed by atoms with Crippen molar-refractivity contribution in [2.24, 2.45) is 5.92 Å². The fourth-order valence-corrected chi connectivity index (χ4v) is 5.65. The van der Waals surface area contributed by atoms with E-state index in [1.54, 1.807) is 6.08 Å². The first kappa shape index (κ1) is 33.8. The van der Waals surface area contributed by atoms with Crippen LogP contribution in [-0.4, -0.2) is 43.6 Å². The normalized spacial score (nSPS) is 13.2. The maximum Gasteiger partial charge on any atom is 0.350 e. The van der Waals surface area contributed by atoms with Crippen LogP contribution in [0.5, 0.6) is 16.7 Å². The second-order valence-corrected chi connectivity index (χ2v) is 11.8. The molecule has 17 heteroatoms. The van der Waals surface area contributed by atoms with Gasteiger partial charge in [-0.1, -0.05) is 35.9 Å². The van der Waals surface area contributed by atoms with Crippen LogP contribution < -0.4 is 10.4 Å². The second-order valence-electron chi connectivity index (χ2n) is 8.89. The Kier molecular flexibility index (Phi) is 11.1. The average molecular weight is 666 g/mol. The van der Waals surface area contributed by atoms with Gasteiger partial charge in [-0.2, -0.15) is 13.4 Å². The highest BCUT2D eigenvalue weighted by Gasteiger charge is 2.37. The Labute approximate surface area is 251 Å². The molecular weight excluding hydrogens is 643 g/mol. The largest absolute Gasteiger partial charge is 0.507 e. The number of hydrogen-bond acceptors (Lipinski definition) is 12. The lowest BCUT2D eigenvalue weighted by molar-refractivity contribution is -0.134. The summed E-state index contributed by atoms with van der Waals surface area (Å²) < 4.78 is 84.5. The molecule has 0 fully saturated rings. The van der Waals surface area contributed by atoms with E-state index in [1.165, 1.54) is 20.1 Å². The van der Waals surface area contributed by atoms with E-state index in [-0.39, 0.29) is 22.3 Å². The molecule has 0 radical (unpaired) electrons. The van der Waals surface area contributed by atoms with Crippen LogP contribution in [-0.2, 0) is 30.3 Å². The number of aromatic nitrogens is 1. The molecule has 3 rings (SSSR count). The number of aryl methyl sites for hydroxylation is 1.